The zero-order valence-corrected chi connectivity index (χ0v) is 21.7. The number of hydrogen-bond acceptors (Lipinski definition) is 1. The molecule has 0 bridgehead atoms. The number of para-hydroxylation sites is 1. The van der Waals surface area contributed by atoms with Crippen molar-refractivity contribution in [2.75, 3.05) is 11.9 Å². The highest BCUT2D eigenvalue weighted by Crippen LogP contribution is 2.46. The summed E-state index contributed by atoms with van der Waals surface area (Å²) in [6.45, 7) is 13.8. The first kappa shape index (κ1) is 24.8. The number of fused-ring (bicyclic) bond motifs is 1. The second-order valence-electron chi connectivity index (χ2n) is 10.2. The first-order valence-electron chi connectivity index (χ1n) is 12.4. The molecule has 0 amide bonds. The van der Waals surface area contributed by atoms with Crippen molar-refractivity contribution in [3.8, 4) is 0 Å². The third-order valence-corrected chi connectivity index (χ3v) is 7.15. The Bertz CT molecular complexity index is 1080. The van der Waals surface area contributed by atoms with Gasteiger partial charge in [-0.25, -0.2) is 0 Å². The van der Waals surface area contributed by atoms with Crippen LogP contribution in [0.4, 0.5) is 5.69 Å². The van der Waals surface area contributed by atoms with Gasteiger partial charge in [-0.1, -0.05) is 120 Å². The Morgan fingerprint density at radius 2 is 1.67 bits per heavy atom. The van der Waals surface area contributed by atoms with Crippen molar-refractivity contribution in [2.45, 2.75) is 71.6 Å². The van der Waals surface area contributed by atoms with E-state index in [2.05, 4.69) is 138 Å². The Hall–Kier alpha value is -2.80. The fraction of sp³-hybridized carbons (Fsp3) is 0.375. The highest BCUT2D eigenvalue weighted by Gasteiger charge is 2.37. The maximum atomic E-state index is 2.43. The van der Waals surface area contributed by atoms with Crippen LogP contribution in [0.3, 0.4) is 0 Å². The molecule has 0 spiro atoms. The summed E-state index contributed by atoms with van der Waals surface area (Å²) in [7, 11) is 2.17. The van der Waals surface area contributed by atoms with E-state index in [4.69, 9.17) is 0 Å². The zero-order chi connectivity index (χ0) is 24.1. The van der Waals surface area contributed by atoms with Crippen LogP contribution in [0, 0.1) is 6.92 Å². The molecular formula is C32H41N. The van der Waals surface area contributed by atoms with Crippen LogP contribution in [0.1, 0.15) is 70.6 Å². The van der Waals surface area contributed by atoms with Crippen LogP contribution >= 0.6 is 0 Å². The summed E-state index contributed by atoms with van der Waals surface area (Å²) in [5.74, 6) is 0. The molecule has 1 nitrogen and oxygen atoms in total. The van der Waals surface area contributed by atoms with Gasteiger partial charge in [-0.05, 0) is 47.8 Å². The second kappa shape index (κ2) is 10.4. The van der Waals surface area contributed by atoms with Crippen LogP contribution in [0.5, 0.6) is 0 Å². The lowest BCUT2D eigenvalue weighted by molar-refractivity contribution is 0.628. The molecule has 0 aromatic heterocycles. The fourth-order valence-corrected chi connectivity index (χ4v) is 5.09. The topological polar surface area (TPSA) is 3.24 Å². The molecule has 2 aromatic carbocycles. The minimum Gasteiger partial charge on any atom is -0.347 e. The van der Waals surface area contributed by atoms with Gasteiger partial charge in [0.25, 0.3) is 0 Å². The summed E-state index contributed by atoms with van der Waals surface area (Å²) >= 11 is 0. The first-order chi connectivity index (χ1) is 15.7. The molecular weight excluding hydrogens is 398 g/mol. The average Bonchev–Trinajstić information content (AvgIpc) is 2.98. The Morgan fingerprint density at radius 3 is 2.36 bits per heavy atom. The number of anilines is 1. The van der Waals surface area contributed by atoms with Crippen molar-refractivity contribution in [1.29, 1.82) is 0 Å². The molecule has 0 saturated carbocycles. The predicted octanol–water partition coefficient (Wildman–Crippen LogP) is 8.81. The van der Waals surface area contributed by atoms with Gasteiger partial charge < -0.3 is 4.90 Å². The highest BCUT2D eigenvalue weighted by atomic mass is 15.2. The molecule has 3 rings (SSSR count). The monoisotopic (exact) mass is 439 g/mol. The normalized spacial score (nSPS) is 17.5. The highest BCUT2D eigenvalue weighted by molar-refractivity contribution is 5.70. The fourth-order valence-electron chi connectivity index (χ4n) is 5.09. The average molecular weight is 440 g/mol. The molecule has 0 radical (unpaired) electrons. The molecule has 0 unspecified atom stereocenters. The van der Waals surface area contributed by atoms with E-state index in [9.17, 15) is 0 Å². The lowest BCUT2D eigenvalue weighted by atomic mass is 9.75. The maximum Gasteiger partial charge on any atom is 0.0447 e. The van der Waals surface area contributed by atoms with Gasteiger partial charge in [-0.3, -0.25) is 0 Å². The van der Waals surface area contributed by atoms with E-state index in [1.54, 1.807) is 0 Å². The third-order valence-electron chi connectivity index (χ3n) is 7.15. The number of hydrogen-bond donors (Lipinski definition) is 0. The standard InChI is InChI=1S/C32H41N/c1-8-9-11-19-26(31(3,4)27-21-15-14-18-25(27)2)20-12-10-13-24-30-32(5,6)28-22-16-17-23-29(28)33(30)7/h10,12-24H,8-9,11H2,1-7H3/b13-10+,20-12+,26-19+,30-24+. The van der Waals surface area contributed by atoms with Crippen molar-refractivity contribution < 1.29 is 0 Å². The Morgan fingerprint density at radius 1 is 0.970 bits per heavy atom. The lowest BCUT2D eigenvalue weighted by Gasteiger charge is -2.29. The molecule has 1 aliphatic heterocycles. The molecule has 0 saturated heterocycles. The van der Waals surface area contributed by atoms with E-state index in [1.807, 2.05) is 0 Å². The number of benzene rings is 2. The number of unbranched alkanes of at least 4 members (excludes halogenated alkanes) is 2. The first-order valence-corrected chi connectivity index (χ1v) is 12.4. The molecule has 1 heteroatoms. The van der Waals surface area contributed by atoms with Crippen LogP contribution in [-0.4, -0.2) is 7.05 Å². The molecule has 2 aromatic rings. The summed E-state index contributed by atoms with van der Waals surface area (Å²) in [6, 6.07) is 17.5. The van der Waals surface area contributed by atoms with Gasteiger partial charge in [0.05, 0.1) is 0 Å². The van der Waals surface area contributed by atoms with Crippen LogP contribution in [0.25, 0.3) is 0 Å². The van der Waals surface area contributed by atoms with E-state index >= 15 is 0 Å². The van der Waals surface area contributed by atoms with Gasteiger partial charge >= 0.3 is 0 Å². The maximum absolute atomic E-state index is 2.43. The van der Waals surface area contributed by atoms with E-state index in [0.29, 0.717) is 0 Å². The van der Waals surface area contributed by atoms with Crippen LogP contribution in [0.15, 0.2) is 96.3 Å². The summed E-state index contributed by atoms with van der Waals surface area (Å²) in [5.41, 5.74) is 8.14. The van der Waals surface area contributed by atoms with Gasteiger partial charge in [0.15, 0.2) is 0 Å². The SMILES string of the molecule is CCCC\C=C(/C=C/C=C/C=C1/N(C)c2ccccc2C1(C)C)C(C)(C)c1ccccc1C. The molecule has 33 heavy (non-hydrogen) atoms. The number of aryl methyl sites for hydroxylation is 1. The molecule has 1 aliphatic rings. The minimum absolute atomic E-state index is 0.0113. The smallest absolute Gasteiger partial charge is 0.0447 e. The number of likely N-dealkylation sites (N-methyl/N-ethyl adjacent to an activating group) is 1. The Labute approximate surface area is 202 Å². The van der Waals surface area contributed by atoms with Crippen molar-refractivity contribution in [3.63, 3.8) is 0 Å². The molecule has 0 aliphatic carbocycles. The van der Waals surface area contributed by atoms with E-state index in [-0.39, 0.29) is 10.8 Å². The molecule has 1 heterocycles. The van der Waals surface area contributed by atoms with Crippen LogP contribution in [0.2, 0.25) is 0 Å². The summed E-state index contributed by atoms with van der Waals surface area (Å²) in [6.07, 6.45) is 17.1. The molecule has 0 atom stereocenters. The Balaban J connectivity index is 1.83. The quantitative estimate of drug-likeness (QED) is 0.293. The number of nitrogens with zero attached hydrogens (tertiary/aromatic N) is 1. The third kappa shape index (κ3) is 5.24. The van der Waals surface area contributed by atoms with E-state index in [0.717, 1.165) is 6.42 Å². The van der Waals surface area contributed by atoms with Gasteiger partial charge in [0.2, 0.25) is 0 Å². The van der Waals surface area contributed by atoms with Gasteiger partial charge in [0.1, 0.15) is 0 Å². The summed E-state index contributed by atoms with van der Waals surface area (Å²) in [5, 5.41) is 0. The number of allylic oxidation sites excluding steroid dienone is 8. The largest absolute Gasteiger partial charge is 0.347 e. The molecule has 174 valence electrons. The van der Waals surface area contributed by atoms with E-state index in [1.165, 1.54) is 46.5 Å². The minimum atomic E-state index is -0.0306. The van der Waals surface area contributed by atoms with Crippen molar-refractivity contribution in [1.82, 2.24) is 0 Å². The second-order valence-corrected chi connectivity index (χ2v) is 10.2. The van der Waals surface area contributed by atoms with Crippen LogP contribution < -0.4 is 4.90 Å². The van der Waals surface area contributed by atoms with Gasteiger partial charge in [-0.15, -0.1) is 0 Å². The van der Waals surface area contributed by atoms with E-state index < -0.39 is 0 Å². The molecule has 0 N–H and O–H groups in total. The Kier molecular flexibility index (Phi) is 7.84. The zero-order valence-electron chi connectivity index (χ0n) is 21.7. The summed E-state index contributed by atoms with van der Waals surface area (Å²) < 4.78 is 0. The summed E-state index contributed by atoms with van der Waals surface area (Å²) in [4.78, 5) is 2.32. The van der Waals surface area contributed by atoms with Crippen LogP contribution in [-0.2, 0) is 10.8 Å². The number of rotatable bonds is 8. The van der Waals surface area contributed by atoms with Gasteiger partial charge in [-0.2, -0.15) is 0 Å². The molecule has 0 fully saturated rings. The predicted molar refractivity (Wildman–Crippen MR) is 146 cm³/mol. The van der Waals surface area contributed by atoms with Crippen molar-refractivity contribution in [2.24, 2.45) is 0 Å². The van der Waals surface area contributed by atoms with Gasteiger partial charge in [0, 0.05) is 29.3 Å². The van der Waals surface area contributed by atoms with Crippen molar-refractivity contribution >= 4 is 5.69 Å². The van der Waals surface area contributed by atoms with Crippen molar-refractivity contribution in [3.05, 3.63) is 113 Å². The lowest BCUT2D eigenvalue weighted by Crippen LogP contribution is -2.22.